The highest BCUT2D eigenvalue weighted by molar-refractivity contribution is 5.91. The summed E-state index contributed by atoms with van der Waals surface area (Å²) in [5, 5.41) is 10.2. The molecule has 0 aromatic rings. The van der Waals surface area contributed by atoms with Crippen LogP contribution < -0.4 is 0 Å². The van der Waals surface area contributed by atoms with Crippen molar-refractivity contribution < 1.29 is 19.4 Å². The second-order valence-corrected chi connectivity index (χ2v) is 10.3. The summed E-state index contributed by atoms with van der Waals surface area (Å²) in [6.07, 6.45) is 12.8. The molecular formula is C24H30O4. The van der Waals surface area contributed by atoms with Gasteiger partial charge in [-0.25, -0.2) is 4.79 Å². The molecule has 28 heavy (non-hydrogen) atoms. The molecular weight excluding hydrogens is 352 g/mol. The zero-order chi connectivity index (χ0) is 19.3. The number of carbonyl (C=O) groups excluding carboxylic acids is 2. The van der Waals surface area contributed by atoms with E-state index in [4.69, 9.17) is 4.74 Å². The van der Waals surface area contributed by atoms with Gasteiger partial charge >= 0.3 is 5.97 Å². The molecule has 0 amide bonds. The number of carbonyl (C=O) groups is 2. The molecule has 4 fully saturated rings. The van der Waals surface area contributed by atoms with E-state index < -0.39 is 0 Å². The highest BCUT2D eigenvalue weighted by Gasteiger charge is 2.78. The van der Waals surface area contributed by atoms with E-state index in [2.05, 4.69) is 13.0 Å². The molecule has 1 spiro atoms. The van der Waals surface area contributed by atoms with Crippen LogP contribution in [-0.4, -0.2) is 29.1 Å². The summed E-state index contributed by atoms with van der Waals surface area (Å²) < 4.78 is 6.13. The lowest BCUT2D eigenvalue weighted by atomic mass is 9.46. The fourth-order valence-corrected chi connectivity index (χ4v) is 8.90. The van der Waals surface area contributed by atoms with Crippen LogP contribution in [0.4, 0.5) is 0 Å². The molecule has 1 heterocycles. The van der Waals surface area contributed by atoms with Crippen molar-refractivity contribution in [3.63, 3.8) is 0 Å². The van der Waals surface area contributed by atoms with Gasteiger partial charge in [0.1, 0.15) is 5.60 Å². The van der Waals surface area contributed by atoms with Crippen LogP contribution in [0.5, 0.6) is 0 Å². The zero-order valence-electron chi connectivity index (χ0n) is 16.6. The van der Waals surface area contributed by atoms with Crippen molar-refractivity contribution in [3.05, 3.63) is 23.8 Å². The second kappa shape index (κ2) is 5.59. The van der Waals surface area contributed by atoms with Gasteiger partial charge in [0, 0.05) is 36.4 Å². The SMILES string of the molecule is CC[C@]12CC[C@H]3[C@@H](C[C@@H](CO)C4=CC(=O)CC[C@@H]43)[C@@H]1[C@@H]1C[C@@H]1[C@@]21C=CC(=O)O1. The molecule has 4 nitrogen and oxygen atoms in total. The number of aliphatic hydroxyl groups excluding tert-OH is 1. The van der Waals surface area contributed by atoms with Crippen molar-refractivity contribution in [1.29, 1.82) is 0 Å². The minimum atomic E-state index is -0.369. The minimum Gasteiger partial charge on any atom is -0.451 e. The molecule has 0 radical (unpaired) electrons. The van der Waals surface area contributed by atoms with Gasteiger partial charge in [0.15, 0.2) is 5.78 Å². The Bertz CT molecular complexity index is 811. The Labute approximate surface area is 166 Å². The third kappa shape index (κ3) is 1.91. The maximum Gasteiger partial charge on any atom is 0.331 e. The lowest BCUT2D eigenvalue weighted by Crippen LogP contribution is -2.57. The smallest absolute Gasteiger partial charge is 0.331 e. The van der Waals surface area contributed by atoms with E-state index in [0.29, 0.717) is 41.9 Å². The molecule has 150 valence electrons. The van der Waals surface area contributed by atoms with E-state index in [-0.39, 0.29) is 35.3 Å². The minimum absolute atomic E-state index is 0.0656. The monoisotopic (exact) mass is 382 g/mol. The van der Waals surface area contributed by atoms with Crippen LogP contribution in [0.15, 0.2) is 23.8 Å². The molecule has 0 saturated heterocycles. The molecule has 0 aromatic heterocycles. The Morgan fingerprint density at radius 1 is 1.18 bits per heavy atom. The summed E-state index contributed by atoms with van der Waals surface area (Å²) in [6.45, 7) is 2.44. The molecule has 0 aromatic carbocycles. The maximum atomic E-state index is 12.1. The van der Waals surface area contributed by atoms with Crippen LogP contribution in [0.2, 0.25) is 0 Å². The summed E-state index contributed by atoms with van der Waals surface area (Å²) in [6, 6.07) is 0. The number of ether oxygens (including phenoxy) is 1. The highest BCUT2D eigenvalue weighted by atomic mass is 16.6. The molecule has 4 saturated carbocycles. The number of rotatable bonds is 2. The van der Waals surface area contributed by atoms with Crippen molar-refractivity contribution >= 4 is 11.8 Å². The first-order valence-corrected chi connectivity index (χ1v) is 11.3. The molecule has 4 heteroatoms. The number of fused-ring (bicyclic) bond motifs is 9. The van der Waals surface area contributed by atoms with Crippen LogP contribution in [0.25, 0.3) is 0 Å². The third-order valence-corrected chi connectivity index (χ3v) is 9.79. The number of ketones is 1. The number of esters is 1. The Kier molecular flexibility index (Phi) is 3.48. The van der Waals surface area contributed by atoms with Crippen molar-refractivity contribution in [2.75, 3.05) is 6.61 Å². The van der Waals surface area contributed by atoms with Crippen LogP contribution >= 0.6 is 0 Å². The summed E-state index contributed by atoms with van der Waals surface area (Å²) in [5.41, 5.74) is 0.944. The average molecular weight is 383 g/mol. The van der Waals surface area contributed by atoms with Gasteiger partial charge < -0.3 is 9.84 Å². The van der Waals surface area contributed by atoms with Gasteiger partial charge in [-0.05, 0) is 80.3 Å². The van der Waals surface area contributed by atoms with Gasteiger partial charge in [-0.15, -0.1) is 0 Å². The molecule has 5 aliphatic carbocycles. The fraction of sp³-hybridized carbons (Fsp3) is 0.750. The van der Waals surface area contributed by atoms with Gasteiger partial charge in [-0.2, -0.15) is 0 Å². The van der Waals surface area contributed by atoms with E-state index in [1.807, 2.05) is 6.08 Å². The molecule has 0 unspecified atom stereocenters. The van der Waals surface area contributed by atoms with E-state index in [0.717, 1.165) is 32.1 Å². The molecule has 1 aliphatic heterocycles. The van der Waals surface area contributed by atoms with Crippen LogP contribution in [-0.2, 0) is 14.3 Å². The first kappa shape index (κ1) is 17.4. The Hall–Kier alpha value is -1.42. The second-order valence-electron chi connectivity index (χ2n) is 10.3. The molecule has 9 atom stereocenters. The van der Waals surface area contributed by atoms with Gasteiger partial charge in [0.05, 0.1) is 0 Å². The number of hydrogen-bond donors (Lipinski definition) is 1. The molecule has 1 N–H and O–H groups in total. The maximum absolute atomic E-state index is 12.1. The van der Waals surface area contributed by atoms with Crippen LogP contribution in [0, 0.1) is 46.8 Å². The van der Waals surface area contributed by atoms with E-state index in [1.54, 1.807) is 6.08 Å². The third-order valence-electron chi connectivity index (χ3n) is 9.79. The first-order chi connectivity index (χ1) is 13.5. The van der Waals surface area contributed by atoms with Crippen LogP contribution in [0.1, 0.15) is 51.9 Å². The lowest BCUT2D eigenvalue weighted by molar-refractivity contribution is -0.173. The van der Waals surface area contributed by atoms with Gasteiger partial charge in [0.25, 0.3) is 0 Å². The van der Waals surface area contributed by atoms with Crippen molar-refractivity contribution in [3.8, 4) is 0 Å². The van der Waals surface area contributed by atoms with Crippen molar-refractivity contribution in [2.24, 2.45) is 46.8 Å². The van der Waals surface area contributed by atoms with Crippen LogP contribution in [0.3, 0.4) is 0 Å². The van der Waals surface area contributed by atoms with Gasteiger partial charge in [-0.3, -0.25) is 4.79 Å². The first-order valence-electron chi connectivity index (χ1n) is 11.3. The van der Waals surface area contributed by atoms with E-state index in [9.17, 15) is 14.7 Å². The van der Waals surface area contributed by atoms with Crippen molar-refractivity contribution in [1.82, 2.24) is 0 Å². The Balaban J connectivity index is 1.42. The predicted molar refractivity (Wildman–Crippen MR) is 103 cm³/mol. The van der Waals surface area contributed by atoms with Gasteiger partial charge in [-0.1, -0.05) is 12.5 Å². The van der Waals surface area contributed by atoms with Crippen molar-refractivity contribution in [2.45, 2.75) is 57.5 Å². The average Bonchev–Trinajstić information content (AvgIpc) is 3.34. The molecule has 6 aliphatic rings. The Morgan fingerprint density at radius 2 is 2.04 bits per heavy atom. The summed E-state index contributed by atoms with van der Waals surface area (Å²) in [7, 11) is 0. The fourth-order valence-electron chi connectivity index (χ4n) is 8.90. The summed E-state index contributed by atoms with van der Waals surface area (Å²) >= 11 is 0. The molecule has 0 bridgehead atoms. The topological polar surface area (TPSA) is 63.6 Å². The predicted octanol–water partition coefficient (Wildman–Crippen LogP) is 3.44. The summed E-state index contributed by atoms with van der Waals surface area (Å²) in [4.78, 5) is 24.2. The Morgan fingerprint density at radius 3 is 2.75 bits per heavy atom. The van der Waals surface area contributed by atoms with E-state index in [1.165, 1.54) is 12.0 Å². The largest absolute Gasteiger partial charge is 0.451 e. The highest BCUT2D eigenvalue weighted by Crippen LogP contribution is 2.78. The summed E-state index contributed by atoms with van der Waals surface area (Å²) in [5.74, 6) is 3.66. The number of aliphatic hydroxyl groups is 1. The van der Waals surface area contributed by atoms with E-state index >= 15 is 0 Å². The van der Waals surface area contributed by atoms with Gasteiger partial charge in [0.2, 0.25) is 0 Å². The molecule has 6 rings (SSSR count). The zero-order valence-corrected chi connectivity index (χ0v) is 16.6. The quantitative estimate of drug-likeness (QED) is 0.743. The standard InChI is InChI=1S/C24H30O4/c1-2-23-7-5-16-15-4-3-14(26)10-17(15)13(12-25)9-18(16)22(23)19-11-20(19)24(23)8-6-21(27)28-24/h6,8,10,13,15-16,18-20,22,25H,2-5,7,9,11-12H2,1H3/t13-,15+,16+,18+,19+,20-,22+,23-,24-/m0/s1. The normalized spacial score (nSPS) is 53.2. The lowest BCUT2D eigenvalue weighted by Gasteiger charge is -2.59. The number of hydrogen-bond acceptors (Lipinski definition) is 4.